The van der Waals surface area contributed by atoms with E-state index in [2.05, 4.69) is 0 Å². The number of carbonyl (C=O) groups is 2. The molecule has 16 heavy (non-hydrogen) atoms. The topological polar surface area (TPSA) is 57.6 Å². The lowest BCUT2D eigenvalue weighted by atomic mass is 10.1. The largest absolute Gasteiger partial charge is 0.479 e. The van der Waals surface area contributed by atoms with E-state index in [4.69, 9.17) is 5.11 Å². The minimum absolute atomic E-state index is 0.103. The minimum Gasteiger partial charge on any atom is -0.479 e. The molecule has 5 heteroatoms. The Morgan fingerprint density at radius 2 is 2.00 bits per heavy atom. The molecule has 1 fully saturated rings. The number of nitrogens with zero attached hydrogens (tertiary/aromatic N) is 1. The fraction of sp³-hybridized carbons (Fsp3) is 0.636. The summed E-state index contributed by atoms with van der Waals surface area (Å²) in [7, 11) is 0. The third kappa shape index (κ3) is 1.81. The molecule has 0 aromatic carbocycles. The second-order valence-electron chi connectivity index (χ2n) is 4.42. The number of carboxylic acid groups (broad SMARTS) is 1. The number of amides is 1. The number of allylic oxidation sites excluding steroid dienone is 2. The third-order valence-electron chi connectivity index (χ3n) is 3.27. The van der Waals surface area contributed by atoms with E-state index >= 15 is 0 Å². The van der Waals surface area contributed by atoms with Gasteiger partial charge in [-0.25, -0.2) is 9.18 Å². The summed E-state index contributed by atoms with van der Waals surface area (Å²) in [5.41, 5.74) is -2.25. The molecule has 1 saturated heterocycles. The summed E-state index contributed by atoms with van der Waals surface area (Å²) in [5.74, 6) is -1.70. The molecule has 2 rings (SSSR count). The van der Waals surface area contributed by atoms with Crippen LogP contribution in [0, 0.1) is 5.92 Å². The number of hydrogen-bond donors (Lipinski definition) is 1. The second kappa shape index (κ2) is 3.88. The Balaban J connectivity index is 1.98. The lowest BCUT2D eigenvalue weighted by Crippen LogP contribution is -2.40. The first kappa shape index (κ1) is 11.1. The molecule has 1 atom stereocenters. The highest BCUT2D eigenvalue weighted by Gasteiger charge is 2.47. The van der Waals surface area contributed by atoms with E-state index in [1.54, 1.807) is 0 Å². The van der Waals surface area contributed by atoms with E-state index in [-0.39, 0.29) is 31.3 Å². The van der Waals surface area contributed by atoms with Crippen molar-refractivity contribution in [3.63, 3.8) is 0 Å². The van der Waals surface area contributed by atoms with Gasteiger partial charge in [0.05, 0.1) is 6.54 Å². The average Bonchev–Trinajstić information content (AvgIpc) is 2.85. The quantitative estimate of drug-likeness (QED) is 0.715. The molecule has 1 heterocycles. The monoisotopic (exact) mass is 227 g/mol. The van der Waals surface area contributed by atoms with Crippen molar-refractivity contribution in [2.75, 3.05) is 13.1 Å². The van der Waals surface area contributed by atoms with E-state index in [9.17, 15) is 14.0 Å². The van der Waals surface area contributed by atoms with Gasteiger partial charge in [-0.1, -0.05) is 12.2 Å². The Kier molecular flexibility index (Phi) is 2.69. The predicted molar refractivity (Wildman–Crippen MR) is 54.5 cm³/mol. The first-order valence-corrected chi connectivity index (χ1v) is 5.39. The highest BCUT2D eigenvalue weighted by Crippen LogP contribution is 2.29. The minimum atomic E-state index is -2.25. The average molecular weight is 227 g/mol. The number of likely N-dealkylation sites (tertiary alicyclic amines) is 1. The molecule has 0 bridgehead atoms. The zero-order valence-corrected chi connectivity index (χ0v) is 8.86. The first-order chi connectivity index (χ1) is 7.53. The van der Waals surface area contributed by atoms with Gasteiger partial charge in [-0.15, -0.1) is 0 Å². The van der Waals surface area contributed by atoms with Gasteiger partial charge in [-0.3, -0.25) is 4.79 Å². The molecule has 88 valence electrons. The molecule has 4 nitrogen and oxygen atoms in total. The lowest BCUT2D eigenvalue weighted by molar-refractivity contribution is -0.150. The van der Waals surface area contributed by atoms with Crippen molar-refractivity contribution in [1.82, 2.24) is 4.90 Å². The van der Waals surface area contributed by atoms with E-state index in [0.717, 1.165) is 0 Å². The highest BCUT2D eigenvalue weighted by molar-refractivity contribution is 5.83. The zero-order chi connectivity index (χ0) is 11.8. The summed E-state index contributed by atoms with van der Waals surface area (Å²) in [6, 6.07) is 0. The van der Waals surface area contributed by atoms with Crippen molar-refractivity contribution in [1.29, 1.82) is 0 Å². The summed E-state index contributed by atoms with van der Waals surface area (Å²) in [5, 5.41) is 8.71. The van der Waals surface area contributed by atoms with Gasteiger partial charge in [-0.2, -0.15) is 0 Å². The van der Waals surface area contributed by atoms with Crippen LogP contribution in [0.1, 0.15) is 19.3 Å². The Bertz CT molecular complexity index is 347. The second-order valence-corrected chi connectivity index (χ2v) is 4.42. The zero-order valence-electron chi connectivity index (χ0n) is 8.86. The number of carbonyl (C=O) groups excluding carboxylic acids is 1. The molecule has 1 aliphatic carbocycles. The van der Waals surface area contributed by atoms with Crippen LogP contribution in [0.2, 0.25) is 0 Å². The molecule has 2 aliphatic rings. The number of aliphatic carboxylic acids is 1. The van der Waals surface area contributed by atoms with E-state index in [1.165, 1.54) is 4.90 Å². The molecule has 0 aromatic heterocycles. The van der Waals surface area contributed by atoms with Crippen LogP contribution in [0.5, 0.6) is 0 Å². The van der Waals surface area contributed by atoms with Crippen molar-refractivity contribution in [3.8, 4) is 0 Å². The Labute approximate surface area is 92.7 Å². The molecule has 1 unspecified atom stereocenters. The van der Waals surface area contributed by atoms with Crippen LogP contribution in [0.25, 0.3) is 0 Å². The molecule has 0 radical (unpaired) electrons. The molecular formula is C11H14FNO3. The van der Waals surface area contributed by atoms with Crippen molar-refractivity contribution in [3.05, 3.63) is 12.2 Å². The fourth-order valence-electron chi connectivity index (χ4n) is 2.21. The molecule has 0 aromatic rings. The smallest absolute Gasteiger partial charge is 0.343 e. The maximum Gasteiger partial charge on any atom is 0.343 e. The van der Waals surface area contributed by atoms with Crippen LogP contribution >= 0.6 is 0 Å². The number of halogens is 1. The van der Waals surface area contributed by atoms with Crippen LogP contribution in [0.3, 0.4) is 0 Å². The maximum atomic E-state index is 13.7. The van der Waals surface area contributed by atoms with Gasteiger partial charge in [-0.05, 0) is 12.8 Å². The lowest BCUT2D eigenvalue weighted by Gasteiger charge is -2.21. The molecule has 0 spiro atoms. The highest BCUT2D eigenvalue weighted by atomic mass is 19.1. The maximum absolute atomic E-state index is 13.7. The van der Waals surface area contributed by atoms with Crippen molar-refractivity contribution in [2.24, 2.45) is 5.92 Å². The van der Waals surface area contributed by atoms with Crippen LogP contribution in [-0.2, 0) is 9.59 Å². The van der Waals surface area contributed by atoms with Gasteiger partial charge in [0.15, 0.2) is 0 Å². The Morgan fingerprint density at radius 3 is 2.50 bits per heavy atom. The van der Waals surface area contributed by atoms with Crippen LogP contribution < -0.4 is 0 Å². The molecule has 1 aliphatic heterocycles. The summed E-state index contributed by atoms with van der Waals surface area (Å²) in [6.07, 6.45) is 5.12. The van der Waals surface area contributed by atoms with Gasteiger partial charge in [0.1, 0.15) is 0 Å². The van der Waals surface area contributed by atoms with Gasteiger partial charge >= 0.3 is 5.97 Å². The molecule has 0 saturated carbocycles. The van der Waals surface area contributed by atoms with E-state index in [0.29, 0.717) is 12.8 Å². The van der Waals surface area contributed by atoms with Crippen LogP contribution in [0.4, 0.5) is 4.39 Å². The summed E-state index contributed by atoms with van der Waals surface area (Å²) in [4.78, 5) is 23.9. The SMILES string of the molecule is O=C(C1CC=CC1)N1CCC(F)(C(=O)O)C1. The number of rotatable bonds is 2. The fourth-order valence-corrected chi connectivity index (χ4v) is 2.21. The van der Waals surface area contributed by atoms with Gasteiger partial charge in [0.25, 0.3) is 0 Å². The summed E-state index contributed by atoms with van der Waals surface area (Å²) >= 11 is 0. The van der Waals surface area contributed by atoms with E-state index < -0.39 is 11.6 Å². The number of alkyl halides is 1. The molecular weight excluding hydrogens is 213 g/mol. The van der Waals surface area contributed by atoms with Gasteiger partial charge in [0.2, 0.25) is 11.6 Å². The molecule has 1 amide bonds. The van der Waals surface area contributed by atoms with E-state index in [1.807, 2.05) is 12.2 Å². The van der Waals surface area contributed by atoms with Crippen molar-refractivity contribution < 1.29 is 19.1 Å². The Hall–Kier alpha value is -1.39. The number of hydrogen-bond acceptors (Lipinski definition) is 2. The third-order valence-corrected chi connectivity index (χ3v) is 3.27. The predicted octanol–water partition coefficient (Wildman–Crippen LogP) is 0.978. The van der Waals surface area contributed by atoms with Crippen LogP contribution in [0.15, 0.2) is 12.2 Å². The van der Waals surface area contributed by atoms with Gasteiger partial charge in [0, 0.05) is 18.9 Å². The van der Waals surface area contributed by atoms with Crippen LogP contribution in [-0.4, -0.2) is 40.6 Å². The van der Waals surface area contributed by atoms with Crippen molar-refractivity contribution in [2.45, 2.75) is 24.9 Å². The molecule has 1 N–H and O–H groups in total. The normalized spacial score (nSPS) is 29.9. The van der Waals surface area contributed by atoms with Gasteiger partial charge < -0.3 is 10.0 Å². The standard InChI is InChI=1S/C11H14FNO3/c12-11(10(15)16)5-6-13(7-11)9(14)8-3-1-2-4-8/h1-2,8H,3-7H2,(H,15,16). The number of carboxylic acids is 1. The Morgan fingerprint density at radius 1 is 1.38 bits per heavy atom. The van der Waals surface area contributed by atoms with Crippen molar-refractivity contribution >= 4 is 11.9 Å². The summed E-state index contributed by atoms with van der Waals surface area (Å²) in [6.45, 7) is -0.101. The summed E-state index contributed by atoms with van der Waals surface area (Å²) < 4.78 is 13.7. The first-order valence-electron chi connectivity index (χ1n) is 5.39.